The van der Waals surface area contributed by atoms with Crippen molar-refractivity contribution in [1.82, 2.24) is 0 Å². The quantitative estimate of drug-likeness (QED) is 0.467. The lowest BCUT2D eigenvalue weighted by Gasteiger charge is -2.20. The van der Waals surface area contributed by atoms with Gasteiger partial charge in [-0.15, -0.1) is 0 Å². The summed E-state index contributed by atoms with van der Waals surface area (Å²) in [4.78, 5) is 0. The van der Waals surface area contributed by atoms with E-state index in [1.165, 1.54) is 19.3 Å². The molecule has 50 valence electrons. The minimum Gasteiger partial charge on any atom is -0.198 e. The average molecular weight is 235 g/mol. The molecule has 0 aromatic rings. The fourth-order valence-corrected chi connectivity index (χ4v) is 2.19. The van der Waals surface area contributed by atoms with Crippen LogP contribution in [-0.4, -0.2) is 3.92 Å². The van der Waals surface area contributed by atoms with Gasteiger partial charge in [0.1, 0.15) is 0 Å². The Kier molecular flexibility index (Phi) is 2.77. The minimum absolute atomic E-state index is 0.347. The highest BCUT2D eigenvalue weighted by molar-refractivity contribution is 14.1. The second kappa shape index (κ2) is 3.40. The maximum Gasteiger partial charge on any atom is 0.0666 e. The molecule has 0 amide bonds. The average Bonchev–Trinajstić information content (AvgIpc) is 1.89. The molecule has 0 aromatic carbocycles. The standard InChI is InChI=1S/C7H10IN/c8-7-4-2-1-3-6(7)5-9/h6-7H,1-4H2. The molecule has 1 nitrogen and oxygen atoms in total. The number of rotatable bonds is 0. The first-order valence-corrected chi connectivity index (χ1v) is 4.63. The highest BCUT2D eigenvalue weighted by atomic mass is 127. The molecule has 1 saturated carbocycles. The van der Waals surface area contributed by atoms with Crippen molar-refractivity contribution < 1.29 is 0 Å². The van der Waals surface area contributed by atoms with Gasteiger partial charge in [-0.25, -0.2) is 0 Å². The minimum atomic E-state index is 0.347. The van der Waals surface area contributed by atoms with Crippen LogP contribution in [0.4, 0.5) is 0 Å². The van der Waals surface area contributed by atoms with Crippen LogP contribution in [0, 0.1) is 17.2 Å². The van der Waals surface area contributed by atoms with Crippen molar-refractivity contribution in [2.45, 2.75) is 29.6 Å². The predicted molar refractivity (Wildman–Crippen MR) is 45.4 cm³/mol. The zero-order valence-corrected chi connectivity index (χ0v) is 7.47. The van der Waals surface area contributed by atoms with E-state index < -0.39 is 0 Å². The Labute approximate surface area is 69.6 Å². The molecule has 1 aliphatic rings. The topological polar surface area (TPSA) is 23.8 Å². The van der Waals surface area contributed by atoms with Crippen LogP contribution in [0.2, 0.25) is 0 Å². The number of nitrogens with zero attached hydrogens (tertiary/aromatic N) is 1. The first kappa shape index (κ1) is 7.33. The zero-order chi connectivity index (χ0) is 6.69. The van der Waals surface area contributed by atoms with Crippen LogP contribution in [0.15, 0.2) is 0 Å². The highest BCUT2D eigenvalue weighted by Gasteiger charge is 2.21. The number of hydrogen-bond donors (Lipinski definition) is 0. The van der Waals surface area contributed by atoms with Gasteiger partial charge in [-0.05, 0) is 12.8 Å². The number of hydrogen-bond acceptors (Lipinski definition) is 1. The van der Waals surface area contributed by atoms with Gasteiger partial charge in [0.15, 0.2) is 0 Å². The summed E-state index contributed by atoms with van der Waals surface area (Å²) >= 11 is 2.40. The Morgan fingerprint density at radius 2 is 2.00 bits per heavy atom. The number of nitriles is 1. The fourth-order valence-electron chi connectivity index (χ4n) is 1.23. The van der Waals surface area contributed by atoms with Crippen molar-refractivity contribution in [1.29, 1.82) is 5.26 Å². The largest absolute Gasteiger partial charge is 0.198 e. The Hall–Kier alpha value is 0.220. The third-order valence-electron chi connectivity index (χ3n) is 1.85. The van der Waals surface area contributed by atoms with Crippen molar-refractivity contribution in [2.75, 3.05) is 0 Å². The van der Waals surface area contributed by atoms with E-state index in [0.29, 0.717) is 9.84 Å². The summed E-state index contributed by atoms with van der Waals surface area (Å²) in [6, 6.07) is 2.35. The Bertz CT molecular complexity index is 127. The first-order valence-electron chi connectivity index (χ1n) is 3.38. The van der Waals surface area contributed by atoms with Gasteiger partial charge >= 0.3 is 0 Å². The second-order valence-electron chi connectivity index (χ2n) is 2.54. The van der Waals surface area contributed by atoms with Crippen molar-refractivity contribution in [3.63, 3.8) is 0 Å². The van der Waals surface area contributed by atoms with Crippen LogP contribution >= 0.6 is 22.6 Å². The van der Waals surface area contributed by atoms with Crippen molar-refractivity contribution in [2.24, 2.45) is 5.92 Å². The lowest BCUT2D eigenvalue weighted by Crippen LogP contribution is -2.16. The SMILES string of the molecule is N#CC1CCCCC1I. The van der Waals surface area contributed by atoms with Crippen molar-refractivity contribution >= 4 is 22.6 Å². The first-order chi connectivity index (χ1) is 4.34. The molecule has 1 rings (SSSR count). The molecule has 0 spiro atoms. The van der Waals surface area contributed by atoms with Gasteiger partial charge < -0.3 is 0 Å². The molecule has 0 aliphatic heterocycles. The summed E-state index contributed by atoms with van der Waals surface area (Å²) < 4.78 is 0.626. The van der Waals surface area contributed by atoms with E-state index in [2.05, 4.69) is 28.7 Å². The Morgan fingerprint density at radius 3 is 2.44 bits per heavy atom. The molecule has 1 fully saturated rings. The molecule has 2 heteroatoms. The summed E-state index contributed by atoms with van der Waals surface area (Å²) in [6.45, 7) is 0. The summed E-state index contributed by atoms with van der Waals surface area (Å²) in [5.41, 5.74) is 0. The van der Waals surface area contributed by atoms with E-state index in [9.17, 15) is 0 Å². The van der Waals surface area contributed by atoms with E-state index in [0.717, 1.165) is 6.42 Å². The second-order valence-corrected chi connectivity index (χ2v) is 4.14. The molecule has 2 atom stereocenters. The van der Waals surface area contributed by atoms with E-state index in [-0.39, 0.29) is 0 Å². The van der Waals surface area contributed by atoms with Crippen molar-refractivity contribution in [3.8, 4) is 6.07 Å². The molecule has 0 aromatic heterocycles. The maximum atomic E-state index is 8.61. The van der Waals surface area contributed by atoms with Gasteiger partial charge in [0.05, 0.1) is 12.0 Å². The van der Waals surface area contributed by atoms with Gasteiger partial charge in [-0.2, -0.15) is 5.26 Å². The zero-order valence-electron chi connectivity index (χ0n) is 5.31. The van der Waals surface area contributed by atoms with Crippen LogP contribution in [0.3, 0.4) is 0 Å². The third-order valence-corrected chi connectivity index (χ3v) is 3.34. The predicted octanol–water partition coefficient (Wildman–Crippen LogP) is 2.50. The molecular formula is C7H10IN. The van der Waals surface area contributed by atoms with Gasteiger partial charge in [0.25, 0.3) is 0 Å². The van der Waals surface area contributed by atoms with Crippen molar-refractivity contribution in [3.05, 3.63) is 0 Å². The molecule has 0 bridgehead atoms. The molecule has 0 heterocycles. The maximum absolute atomic E-state index is 8.61. The Balaban J connectivity index is 2.41. The van der Waals surface area contributed by atoms with E-state index in [1.807, 2.05) is 0 Å². The molecule has 1 aliphatic carbocycles. The van der Waals surface area contributed by atoms with E-state index >= 15 is 0 Å². The number of alkyl halides is 1. The van der Waals surface area contributed by atoms with Crippen LogP contribution in [0.25, 0.3) is 0 Å². The van der Waals surface area contributed by atoms with Gasteiger partial charge in [0.2, 0.25) is 0 Å². The van der Waals surface area contributed by atoms with Crippen LogP contribution < -0.4 is 0 Å². The van der Waals surface area contributed by atoms with Gasteiger partial charge in [0, 0.05) is 3.92 Å². The summed E-state index contributed by atoms with van der Waals surface area (Å²) in [7, 11) is 0. The molecule has 0 radical (unpaired) electrons. The van der Waals surface area contributed by atoms with Crippen LogP contribution in [-0.2, 0) is 0 Å². The van der Waals surface area contributed by atoms with Crippen LogP contribution in [0.1, 0.15) is 25.7 Å². The monoisotopic (exact) mass is 235 g/mol. The normalized spacial score (nSPS) is 35.6. The summed E-state index contributed by atoms with van der Waals surface area (Å²) in [6.07, 6.45) is 4.96. The van der Waals surface area contributed by atoms with Gasteiger partial charge in [-0.3, -0.25) is 0 Å². The fraction of sp³-hybridized carbons (Fsp3) is 0.857. The Morgan fingerprint density at radius 1 is 1.33 bits per heavy atom. The lowest BCUT2D eigenvalue weighted by molar-refractivity contribution is 0.451. The molecule has 9 heavy (non-hydrogen) atoms. The third kappa shape index (κ3) is 1.82. The lowest BCUT2D eigenvalue weighted by atomic mass is 9.90. The smallest absolute Gasteiger partial charge is 0.0666 e. The molecule has 0 saturated heterocycles. The van der Waals surface area contributed by atoms with E-state index in [4.69, 9.17) is 5.26 Å². The van der Waals surface area contributed by atoms with Crippen LogP contribution in [0.5, 0.6) is 0 Å². The molecular weight excluding hydrogens is 225 g/mol. The van der Waals surface area contributed by atoms with E-state index in [1.54, 1.807) is 0 Å². The highest BCUT2D eigenvalue weighted by Crippen LogP contribution is 2.29. The molecule has 0 N–H and O–H groups in total. The summed E-state index contributed by atoms with van der Waals surface area (Å²) in [5, 5.41) is 8.61. The number of halogens is 1. The molecule has 2 unspecified atom stereocenters. The summed E-state index contributed by atoms with van der Waals surface area (Å²) in [5.74, 6) is 0.347. The van der Waals surface area contributed by atoms with Gasteiger partial charge in [-0.1, -0.05) is 35.4 Å².